The van der Waals surface area contributed by atoms with Crippen molar-refractivity contribution in [1.82, 2.24) is 10.1 Å². The van der Waals surface area contributed by atoms with E-state index < -0.39 is 0 Å². The lowest BCUT2D eigenvalue weighted by Crippen LogP contribution is -2.14. The number of nitrogens with zero attached hydrogens (tertiary/aromatic N) is 2. The van der Waals surface area contributed by atoms with Crippen molar-refractivity contribution in [2.24, 2.45) is 0 Å². The summed E-state index contributed by atoms with van der Waals surface area (Å²) >= 11 is 0. The molecule has 0 fully saturated rings. The molecule has 0 aliphatic carbocycles. The van der Waals surface area contributed by atoms with Crippen LogP contribution in [0.15, 0.2) is 59.1 Å². The zero-order valence-electron chi connectivity index (χ0n) is 12.1. The number of aromatic nitrogens is 2. The van der Waals surface area contributed by atoms with Crippen LogP contribution in [0.5, 0.6) is 0 Å². The van der Waals surface area contributed by atoms with Crippen molar-refractivity contribution in [3.8, 4) is 11.4 Å². The molecule has 0 saturated carbocycles. The topological polar surface area (TPSA) is 68.0 Å². The molecule has 1 N–H and O–H groups in total. The van der Waals surface area contributed by atoms with E-state index >= 15 is 0 Å². The first-order valence-corrected chi connectivity index (χ1v) is 6.95. The van der Waals surface area contributed by atoms with Gasteiger partial charge in [-0.3, -0.25) is 4.79 Å². The van der Waals surface area contributed by atoms with Crippen LogP contribution in [0.2, 0.25) is 0 Å². The molecule has 0 atom stereocenters. The molecule has 0 saturated heterocycles. The maximum absolute atomic E-state index is 11.9. The van der Waals surface area contributed by atoms with Gasteiger partial charge in [-0.2, -0.15) is 4.98 Å². The maximum atomic E-state index is 11.9. The average molecular weight is 293 g/mol. The molecule has 1 heterocycles. The minimum Gasteiger partial charge on any atom is -0.338 e. The van der Waals surface area contributed by atoms with Crippen molar-refractivity contribution in [2.45, 2.75) is 13.3 Å². The van der Waals surface area contributed by atoms with E-state index in [0.29, 0.717) is 11.7 Å². The molecule has 0 bridgehead atoms. The minimum absolute atomic E-state index is 0.0494. The summed E-state index contributed by atoms with van der Waals surface area (Å²) in [5, 5.41) is 6.69. The molecule has 0 aliphatic heterocycles. The van der Waals surface area contributed by atoms with Crippen LogP contribution in [-0.2, 0) is 11.2 Å². The van der Waals surface area contributed by atoms with Gasteiger partial charge < -0.3 is 9.84 Å². The maximum Gasteiger partial charge on any atom is 0.236 e. The zero-order valence-corrected chi connectivity index (χ0v) is 12.1. The number of amides is 1. The monoisotopic (exact) mass is 293 g/mol. The Balaban J connectivity index is 1.66. The number of nitrogens with one attached hydrogen (secondary N) is 1. The Morgan fingerprint density at radius 2 is 1.82 bits per heavy atom. The van der Waals surface area contributed by atoms with Crippen molar-refractivity contribution in [2.75, 3.05) is 5.32 Å². The Hall–Kier alpha value is -2.95. The highest BCUT2D eigenvalue weighted by Crippen LogP contribution is 2.16. The second-order valence-electron chi connectivity index (χ2n) is 4.97. The minimum atomic E-state index is -0.190. The average Bonchev–Trinajstić information content (AvgIpc) is 2.97. The number of aryl methyl sites for hydroxylation is 1. The number of hydrogen-bond acceptors (Lipinski definition) is 4. The molecule has 0 aliphatic rings. The van der Waals surface area contributed by atoms with E-state index in [9.17, 15) is 4.79 Å². The van der Waals surface area contributed by atoms with Gasteiger partial charge in [0.25, 0.3) is 0 Å². The molecule has 110 valence electrons. The quantitative estimate of drug-likeness (QED) is 0.802. The highest BCUT2D eigenvalue weighted by Gasteiger charge is 2.12. The molecule has 2 aromatic carbocycles. The van der Waals surface area contributed by atoms with Gasteiger partial charge in [0.05, 0.1) is 0 Å². The van der Waals surface area contributed by atoms with E-state index in [4.69, 9.17) is 4.52 Å². The van der Waals surface area contributed by atoms with Crippen LogP contribution in [0.3, 0.4) is 0 Å². The third-order valence-electron chi connectivity index (χ3n) is 3.15. The largest absolute Gasteiger partial charge is 0.338 e. The molecule has 1 amide bonds. The summed E-state index contributed by atoms with van der Waals surface area (Å²) in [4.78, 5) is 16.2. The highest BCUT2D eigenvalue weighted by molar-refractivity contribution is 5.91. The standard InChI is InChI=1S/C17H15N3O2/c1-12-7-9-13(10-8-12)17-19-16(22-20-17)11-15(21)18-14-5-3-2-4-6-14/h2-10H,11H2,1H3,(H,18,21). The van der Waals surface area contributed by atoms with Crippen molar-refractivity contribution >= 4 is 11.6 Å². The SMILES string of the molecule is Cc1ccc(-c2noc(CC(=O)Nc3ccccc3)n2)cc1. The van der Waals surface area contributed by atoms with Crippen LogP contribution in [0, 0.1) is 6.92 Å². The van der Waals surface area contributed by atoms with Crippen LogP contribution in [-0.4, -0.2) is 16.0 Å². The zero-order chi connectivity index (χ0) is 15.4. The Bertz CT molecular complexity index is 764. The molecule has 0 spiro atoms. The van der Waals surface area contributed by atoms with Gasteiger partial charge in [-0.15, -0.1) is 0 Å². The lowest BCUT2D eigenvalue weighted by molar-refractivity contribution is -0.115. The first kappa shape index (κ1) is 14.0. The number of carbonyl (C=O) groups excluding carboxylic acids is 1. The Morgan fingerprint density at radius 3 is 2.55 bits per heavy atom. The van der Waals surface area contributed by atoms with Gasteiger partial charge in [-0.1, -0.05) is 53.2 Å². The predicted octanol–water partition coefficient (Wildman–Crippen LogP) is 3.23. The third kappa shape index (κ3) is 3.38. The smallest absolute Gasteiger partial charge is 0.236 e. The van der Waals surface area contributed by atoms with Crippen LogP contribution in [0.25, 0.3) is 11.4 Å². The van der Waals surface area contributed by atoms with Crippen molar-refractivity contribution in [1.29, 1.82) is 0 Å². The molecule has 3 rings (SSSR count). The van der Waals surface area contributed by atoms with Crippen molar-refractivity contribution < 1.29 is 9.32 Å². The molecular formula is C17H15N3O2. The van der Waals surface area contributed by atoms with Gasteiger partial charge in [0, 0.05) is 11.3 Å². The summed E-state index contributed by atoms with van der Waals surface area (Å²) in [6.45, 7) is 2.01. The molecular weight excluding hydrogens is 278 g/mol. The summed E-state index contributed by atoms with van der Waals surface area (Å²) in [5.74, 6) is 0.594. The third-order valence-corrected chi connectivity index (χ3v) is 3.15. The number of rotatable bonds is 4. The number of anilines is 1. The molecule has 0 radical (unpaired) electrons. The van der Waals surface area contributed by atoms with Crippen LogP contribution < -0.4 is 5.32 Å². The molecule has 3 aromatic rings. The summed E-state index contributed by atoms with van der Waals surface area (Å²) in [5.41, 5.74) is 2.77. The normalized spacial score (nSPS) is 10.4. The number of hydrogen-bond donors (Lipinski definition) is 1. The summed E-state index contributed by atoms with van der Waals surface area (Å²) in [6.07, 6.45) is 0.0494. The number of para-hydroxylation sites is 1. The Kier molecular flexibility index (Phi) is 3.96. The van der Waals surface area contributed by atoms with E-state index in [0.717, 1.165) is 16.8 Å². The lowest BCUT2D eigenvalue weighted by Gasteiger charge is -2.01. The summed E-state index contributed by atoms with van der Waals surface area (Å²) in [7, 11) is 0. The van der Waals surface area contributed by atoms with E-state index in [1.165, 1.54) is 0 Å². The Morgan fingerprint density at radius 1 is 1.09 bits per heavy atom. The van der Waals surface area contributed by atoms with Gasteiger partial charge in [-0.05, 0) is 19.1 Å². The summed E-state index contributed by atoms with van der Waals surface area (Å²) in [6, 6.07) is 17.1. The van der Waals surface area contributed by atoms with Crippen LogP contribution in [0.1, 0.15) is 11.5 Å². The molecule has 0 unspecified atom stereocenters. The second-order valence-corrected chi connectivity index (χ2v) is 4.97. The first-order valence-electron chi connectivity index (χ1n) is 6.95. The molecule has 1 aromatic heterocycles. The summed E-state index contributed by atoms with van der Waals surface area (Å²) < 4.78 is 5.14. The van der Waals surface area contributed by atoms with Gasteiger partial charge >= 0.3 is 0 Å². The van der Waals surface area contributed by atoms with Gasteiger partial charge in [0.15, 0.2) is 0 Å². The fraction of sp³-hybridized carbons (Fsp3) is 0.118. The lowest BCUT2D eigenvalue weighted by atomic mass is 10.1. The number of carbonyl (C=O) groups is 1. The van der Waals surface area contributed by atoms with Crippen molar-refractivity contribution in [3.63, 3.8) is 0 Å². The van der Waals surface area contributed by atoms with Gasteiger partial charge in [0.1, 0.15) is 6.42 Å². The van der Waals surface area contributed by atoms with Crippen LogP contribution >= 0.6 is 0 Å². The van der Waals surface area contributed by atoms with E-state index in [1.807, 2.05) is 61.5 Å². The Labute approximate surface area is 128 Å². The predicted molar refractivity (Wildman–Crippen MR) is 83.2 cm³/mol. The molecule has 22 heavy (non-hydrogen) atoms. The van der Waals surface area contributed by atoms with Crippen molar-refractivity contribution in [3.05, 3.63) is 66.1 Å². The van der Waals surface area contributed by atoms with Gasteiger partial charge in [-0.25, -0.2) is 0 Å². The second kappa shape index (κ2) is 6.22. The van der Waals surface area contributed by atoms with E-state index in [-0.39, 0.29) is 12.3 Å². The highest BCUT2D eigenvalue weighted by atomic mass is 16.5. The number of benzene rings is 2. The van der Waals surface area contributed by atoms with E-state index in [2.05, 4.69) is 15.5 Å². The van der Waals surface area contributed by atoms with Gasteiger partial charge in [0.2, 0.25) is 17.6 Å². The molecule has 5 heteroatoms. The van der Waals surface area contributed by atoms with E-state index in [1.54, 1.807) is 0 Å². The van der Waals surface area contributed by atoms with Crippen LogP contribution in [0.4, 0.5) is 5.69 Å². The fourth-order valence-corrected chi connectivity index (χ4v) is 2.01. The molecule has 5 nitrogen and oxygen atoms in total. The first-order chi connectivity index (χ1) is 10.7. The fourth-order valence-electron chi connectivity index (χ4n) is 2.01.